The smallest absolute Gasteiger partial charge is 0.305 e. The first kappa shape index (κ1) is 32.6. The van der Waals surface area contributed by atoms with Gasteiger partial charge in [-0.15, -0.1) is 0 Å². The molecule has 10 heteroatoms. The average molecular weight is 643 g/mol. The molecular weight excluding hydrogens is 601 g/mol. The predicted molar refractivity (Wildman–Crippen MR) is 167 cm³/mol. The van der Waals surface area contributed by atoms with E-state index in [0.717, 1.165) is 25.7 Å². The van der Waals surface area contributed by atoms with Gasteiger partial charge in [-0.05, 0) is 74.1 Å². The van der Waals surface area contributed by atoms with Gasteiger partial charge in [0.05, 0.1) is 29.1 Å². The van der Waals surface area contributed by atoms with Crippen LogP contribution in [0.4, 0.5) is 0 Å². The topological polar surface area (TPSA) is 135 Å². The van der Waals surface area contributed by atoms with Gasteiger partial charge in [0.2, 0.25) is 0 Å². The van der Waals surface area contributed by atoms with E-state index < -0.39 is 54.8 Å². The number of sulfone groups is 2. The maximum absolute atomic E-state index is 14.6. The van der Waals surface area contributed by atoms with E-state index in [4.69, 9.17) is 4.74 Å². The lowest BCUT2D eigenvalue weighted by Gasteiger charge is -2.34. The fraction of sp³-hybridized carbons (Fsp3) is 0.500. The molecule has 0 amide bonds. The molecule has 2 fully saturated rings. The van der Waals surface area contributed by atoms with Gasteiger partial charge < -0.3 is 14.9 Å². The summed E-state index contributed by atoms with van der Waals surface area (Å²) in [5.41, 5.74) is 0.672. The highest BCUT2D eigenvalue weighted by Crippen LogP contribution is 2.52. The summed E-state index contributed by atoms with van der Waals surface area (Å²) in [6.45, 7) is 0. The third-order valence-corrected chi connectivity index (χ3v) is 15.6. The van der Waals surface area contributed by atoms with E-state index in [1.54, 1.807) is 42.5 Å². The second-order valence-electron chi connectivity index (χ2n) is 12.5. The molecule has 0 saturated heterocycles. The summed E-state index contributed by atoms with van der Waals surface area (Å²) >= 11 is 0. The number of esters is 1. The van der Waals surface area contributed by atoms with Gasteiger partial charge in [-0.25, -0.2) is 16.8 Å². The molecule has 2 saturated carbocycles. The number of fused-ring (bicyclic) bond motifs is 1. The molecular formula is C34H42O8S2. The van der Waals surface area contributed by atoms with Gasteiger partial charge in [-0.3, -0.25) is 4.79 Å². The van der Waals surface area contributed by atoms with Crippen LogP contribution < -0.4 is 0 Å². The number of carbonyl (C=O) groups is 1. The van der Waals surface area contributed by atoms with Crippen molar-refractivity contribution in [2.24, 2.45) is 23.7 Å². The monoisotopic (exact) mass is 642 g/mol. The zero-order valence-corrected chi connectivity index (χ0v) is 26.6. The molecule has 8 nitrogen and oxygen atoms in total. The fourth-order valence-electron chi connectivity index (χ4n) is 7.50. The summed E-state index contributed by atoms with van der Waals surface area (Å²) < 4.78 is 60.8. The molecule has 0 aromatic heterocycles. The summed E-state index contributed by atoms with van der Waals surface area (Å²) in [7, 11) is -7.96. The molecule has 44 heavy (non-hydrogen) atoms. The van der Waals surface area contributed by atoms with Crippen molar-refractivity contribution in [3.8, 4) is 0 Å². The van der Waals surface area contributed by atoms with E-state index >= 15 is 0 Å². The fourth-order valence-corrected chi connectivity index (χ4v) is 12.6. The number of aliphatic hydroxyl groups excluding tert-OH is 2. The summed E-state index contributed by atoms with van der Waals surface area (Å²) in [6.07, 6.45) is 8.29. The number of methoxy groups -OCH3 is 1. The molecule has 3 aliphatic carbocycles. The molecule has 3 aliphatic rings. The molecule has 0 spiro atoms. The van der Waals surface area contributed by atoms with Crippen LogP contribution in [-0.4, -0.2) is 56.4 Å². The van der Waals surface area contributed by atoms with Crippen molar-refractivity contribution in [3.63, 3.8) is 0 Å². The zero-order chi connectivity index (χ0) is 31.5. The maximum atomic E-state index is 14.6. The second-order valence-corrected chi connectivity index (χ2v) is 17.2. The van der Waals surface area contributed by atoms with Crippen molar-refractivity contribution in [2.75, 3.05) is 7.11 Å². The van der Waals surface area contributed by atoms with E-state index in [0.29, 0.717) is 18.4 Å². The van der Waals surface area contributed by atoms with Crippen molar-refractivity contribution >= 4 is 25.6 Å². The zero-order valence-electron chi connectivity index (χ0n) is 25.0. The van der Waals surface area contributed by atoms with Gasteiger partial charge in [0.1, 0.15) is 0 Å². The molecule has 5 rings (SSSR count). The molecule has 0 bridgehead atoms. The Bertz CT molecular complexity index is 1510. The molecule has 0 heterocycles. The Morgan fingerprint density at radius 3 is 2.09 bits per heavy atom. The molecule has 2 aromatic rings. The lowest BCUT2D eigenvalue weighted by atomic mass is 9.87. The van der Waals surface area contributed by atoms with Crippen LogP contribution in [0, 0.1) is 23.7 Å². The Kier molecular flexibility index (Phi) is 9.84. The number of ether oxygens (including phenoxy) is 1. The summed E-state index contributed by atoms with van der Waals surface area (Å²) in [6, 6.07) is 15.0. The van der Waals surface area contributed by atoms with Crippen LogP contribution >= 0.6 is 0 Å². The van der Waals surface area contributed by atoms with Gasteiger partial charge in [0.15, 0.2) is 23.8 Å². The highest BCUT2D eigenvalue weighted by Gasteiger charge is 2.57. The highest BCUT2D eigenvalue weighted by atomic mass is 32.3. The van der Waals surface area contributed by atoms with E-state index in [1.807, 2.05) is 12.2 Å². The number of carbonyl (C=O) groups excluding carboxylic acids is 1. The predicted octanol–water partition coefficient (Wildman–Crippen LogP) is 5.02. The summed E-state index contributed by atoms with van der Waals surface area (Å²) in [5.74, 6) is -0.836. The normalized spacial score (nSPS) is 25.2. The van der Waals surface area contributed by atoms with Crippen LogP contribution in [0.15, 0.2) is 94.3 Å². The van der Waals surface area contributed by atoms with Crippen LogP contribution in [0.3, 0.4) is 0 Å². The molecule has 5 atom stereocenters. The number of allylic oxidation sites excluding steroid dienone is 2. The minimum Gasteiger partial charge on any atom is -0.469 e. The molecule has 2 N–H and O–H groups in total. The van der Waals surface area contributed by atoms with Crippen molar-refractivity contribution in [1.82, 2.24) is 0 Å². The highest BCUT2D eigenvalue weighted by molar-refractivity contribution is 8.10. The van der Waals surface area contributed by atoms with E-state index in [2.05, 4.69) is 0 Å². The average Bonchev–Trinajstić information content (AvgIpc) is 3.76. The van der Waals surface area contributed by atoms with Crippen molar-refractivity contribution < 1.29 is 36.6 Å². The van der Waals surface area contributed by atoms with Crippen LogP contribution in [0.5, 0.6) is 0 Å². The summed E-state index contributed by atoms with van der Waals surface area (Å²) in [5, 5.41) is 21.6. The number of hydrogen-bond acceptors (Lipinski definition) is 8. The Balaban J connectivity index is 1.53. The molecule has 0 unspecified atom stereocenters. The first-order chi connectivity index (χ1) is 21.0. The first-order valence-corrected chi connectivity index (χ1v) is 18.4. The second kappa shape index (κ2) is 13.3. The van der Waals surface area contributed by atoms with Gasteiger partial charge in [0, 0.05) is 18.8 Å². The minimum atomic E-state index is -4.57. The third-order valence-electron chi connectivity index (χ3n) is 9.88. The Labute approximate surface area is 260 Å². The minimum absolute atomic E-state index is 0.0517. The number of hydrogen-bond donors (Lipinski definition) is 2. The van der Waals surface area contributed by atoms with Crippen molar-refractivity contribution in [2.45, 2.75) is 83.9 Å². The number of rotatable bonds is 12. The largest absolute Gasteiger partial charge is 0.469 e. The quantitative estimate of drug-likeness (QED) is 0.243. The lowest BCUT2D eigenvalue weighted by molar-refractivity contribution is -0.140. The van der Waals surface area contributed by atoms with E-state index in [1.165, 1.54) is 31.4 Å². The lowest BCUT2D eigenvalue weighted by Crippen LogP contribution is -2.47. The van der Waals surface area contributed by atoms with Crippen LogP contribution in [0.25, 0.3) is 0 Å². The maximum Gasteiger partial charge on any atom is 0.305 e. The molecule has 2 aromatic carbocycles. The summed E-state index contributed by atoms with van der Waals surface area (Å²) in [4.78, 5) is 12.1. The number of aliphatic hydroxyl groups is 2. The number of benzene rings is 2. The SMILES string of the molecule is COC(=O)CCC(CC1=C[C@H]2C[C@@H](O)[C@@H](/C=C/[C@@H](O)C3CCCC3)[C@H]2C1)(S(=O)(=O)c1ccccc1)S(=O)(=O)c1ccccc1. The van der Waals surface area contributed by atoms with Gasteiger partial charge >= 0.3 is 5.97 Å². The van der Waals surface area contributed by atoms with Crippen LogP contribution in [0.2, 0.25) is 0 Å². The van der Waals surface area contributed by atoms with Crippen LogP contribution in [-0.2, 0) is 29.2 Å². The standard InChI is InChI=1S/C34H42O8S2/c1-42-33(37)18-19-34(43(38,39)27-12-4-2-5-13-27,44(40,41)28-14-6-3-7-15-28)23-24-20-26-22-32(36)29(30(26)21-24)16-17-31(35)25-10-8-9-11-25/h2-7,12-17,20,25-26,29-32,35-36H,8-11,18-19,21-23H2,1H3/b17-16+/t26-,29-,30-,31+,32+/m0/s1. The van der Waals surface area contributed by atoms with Gasteiger partial charge in [-0.1, -0.05) is 73.0 Å². The van der Waals surface area contributed by atoms with Gasteiger partial charge in [-0.2, -0.15) is 0 Å². The Morgan fingerprint density at radius 2 is 1.55 bits per heavy atom. The van der Waals surface area contributed by atoms with Gasteiger partial charge in [0.25, 0.3) is 0 Å². The van der Waals surface area contributed by atoms with Crippen molar-refractivity contribution in [1.29, 1.82) is 0 Å². The molecule has 238 valence electrons. The molecule has 0 aliphatic heterocycles. The Morgan fingerprint density at radius 1 is 0.977 bits per heavy atom. The van der Waals surface area contributed by atoms with Crippen LogP contribution in [0.1, 0.15) is 57.8 Å². The third kappa shape index (κ3) is 6.18. The van der Waals surface area contributed by atoms with E-state index in [-0.39, 0.29) is 39.9 Å². The Hall–Kier alpha value is -2.79. The van der Waals surface area contributed by atoms with E-state index in [9.17, 15) is 31.8 Å². The first-order valence-electron chi connectivity index (χ1n) is 15.4. The molecule has 0 radical (unpaired) electrons. The van der Waals surface area contributed by atoms with Crippen molar-refractivity contribution in [3.05, 3.63) is 84.5 Å².